The fraction of sp³-hybridized carbons (Fsp3) is 0.310. The number of amides is 1. The molecule has 7 nitrogen and oxygen atoms in total. The van der Waals surface area contributed by atoms with E-state index in [9.17, 15) is 14.7 Å². The zero-order valence-electron chi connectivity index (χ0n) is 20.6. The Morgan fingerprint density at radius 1 is 1.03 bits per heavy atom. The molecule has 0 spiro atoms. The summed E-state index contributed by atoms with van der Waals surface area (Å²) in [6.45, 7) is 4.83. The Morgan fingerprint density at radius 2 is 1.72 bits per heavy atom. The zero-order chi connectivity index (χ0) is 25.5. The van der Waals surface area contributed by atoms with Gasteiger partial charge in [-0.25, -0.2) is 0 Å². The molecule has 188 valence electrons. The summed E-state index contributed by atoms with van der Waals surface area (Å²) in [4.78, 5) is 27.3. The van der Waals surface area contributed by atoms with Gasteiger partial charge in [-0.2, -0.15) is 0 Å². The SMILES string of the molecule is CC(C)c1ccc(CN2C(=O)C(N[C@@H](COCc3ccccc3)C(=O)O)COc3ccccc32)cc1. The van der Waals surface area contributed by atoms with Crippen LogP contribution in [0.1, 0.15) is 36.5 Å². The first-order valence-corrected chi connectivity index (χ1v) is 12.1. The van der Waals surface area contributed by atoms with Crippen LogP contribution in [0.5, 0.6) is 5.75 Å². The number of anilines is 1. The monoisotopic (exact) mass is 488 g/mol. The van der Waals surface area contributed by atoms with Gasteiger partial charge in [0.1, 0.15) is 24.4 Å². The van der Waals surface area contributed by atoms with Gasteiger partial charge in [0.2, 0.25) is 5.91 Å². The Hall–Kier alpha value is -3.68. The predicted molar refractivity (Wildman–Crippen MR) is 138 cm³/mol. The predicted octanol–water partition coefficient (Wildman–Crippen LogP) is 4.36. The van der Waals surface area contributed by atoms with Crippen molar-refractivity contribution in [2.24, 2.45) is 0 Å². The molecule has 1 heterocycles. The molecule has 1 unspecified atom stereocenters. The lowest BCUT2D eigenvalue weighted by molar-refractivity contribution is -0.141. The minimum Gasteiger partial charge on any atom is -0.489 e. The molecule has 0 bridgehead atoms. The Kier molecular flexibility index (Phi) is 8.36. The lowest BCUT2D eigenvalue weighted by atomic mass is 10.0. The third-order valence-corrected chi connectivity index (χ3v) is 6.21. The number of aliphatic carboxylic acids is 1. The highest BCUT2D eigenvalue weighted by atomic mass is 16.5. The summed E-state index contributed by atoms with van der Waals surface area (Å²) in [5.74, 6) is -0.338. The van der Waals surface area contributed by atoms with E-state index in [1.54, 1.807) is 4.90 Å². The Morgan fingerprint density at radius 3 is 2.42 bits per heavy atom. The third kappa shape index (κ3) is 6.30. The van der Waals surface area contributed by atoms with Crippen molar-refractivity contribution in [3.63, 3.8) is 0 Å². The first kappa shape index (κ1) is 25.4. The number of fused-ring (bicyclic) bond motifs is 1. The number of carbonyl (C=O) groups excluding carboxylic acids is 1. The smallest absolute Gasteiger partial charge is 0.323 e. The Bertz CT molecular complexity index is 1160. The van der Waals surface area contributed by atoms with Crippen molar-refractivity contribution in [1.82, 2.24) is 5.32 Å². The van der Waals surface area contributed by atoms with Crippen LogP contribution >= 0.6 is 0 Å². The lowest BCUT2D eigenvalue weighted by Gasteiger charge is -2.27. The van der Waals surface area contributed by atoms with Crippen LogP contribution in [0.3, 0.4) is 0 Å². The number of nitrogens with one attached hydrogen (secondary N) is 1. The molecule has 3 aromatic rings. The summed E-state index contributed by atoms with van der Waals surface area (Å²) in [5.41, 5.74) is 3.81. The molecule has 0 aromatic heterocycles. The molecule has 1 aliphatic heterocycles. The number of carboxylic acids is 1. The summed E-state index contributed by atoms with van der Waals surface area (Å²) < 4.78 is 11.6. The summed E-state index contributed by atoms with van der Waals surface area (Å²) in [6, 6.07) is 23.2. The van der Waals surface area contributed by atoms with Crippen LogP contribution in [-0.2, 0) is 27.5 Å². The molecule has 3 aromatic carbocycles. The number of para-hydroxylation sites is 2. The van der Waals surface area contributed by atoms with E-state index >= 15 is 0 Å². The topological polar surface area (TPSA) is 88.1 Å². The normalized spacial score (nSPS) is 16.2. The average molecular weight is 489 g/mol. The van der Waals surface area contributed by atoms with Crippen molar-refractivity contribution in [2.75, 3.05) is 18.1 Å². The average Bonchev–Trinajstić information content (AvgIpc) is 3.01. The molecule has 0 radical (unpaired) electrons. The summed E-state index contributed by atoms with van der Waals surface area (Å²) in [7, 11) is 0. The quantitative estimate of drug-likeness (QED) is 0.441. The molecule has 1 aliphatic rings. The van der Waals surface area contributed by atoms with E-state index in [0.29, 0.717) is 23.9 Å². The van der Waals surface area contributed by atoms with Gasteiger partial charge < -0.3 is 19.5 Å². The standard InChI is InChI=1S/C29H32N2O5/c1-20(2)23-14-12-21(13-15-23)16-31-26-10-6-7-11-27(26)36-19-24(28(31)32)30-25(29(33)34)18-35-17-22-8-4-3-5-9-22/h3-15,20,24-25,30H,16-19H2,1-2H3,(H,33,34)/t24?,25-/m0/s1. The largest absolute Gasteiger partial charge is 0.489 e. The van der Waals surface area contributed by atoms with Crippen molar-refractivity contribution in [3.05, 3.63) is 95.6 Å². The van der Waals surface area contributed by atoms with Crippen LogP contribution in [0.2, 0.25) is 0 Å². The van der Waals surface area contributed by atoms with E-state index in [4.69, 9.17) is 9.47 Å². The van der Waals surface area contributed by atoms with Crippen molar-refractivity contribution < 1.29 is 24.2 Å². The highest BCUT2D eigenvalue weighted by Crippen LogP contribution is 2.32. The minimum absolute atomic E-state index is 0.0150. The molecule has 0 fully saturated rings. The number of carbonyl (C=O) groups is 2. The minimum atomic E-state index is -1.09. The number of hydrogen-bond donors (Lipinski definition) is 2. The maximum absolute atomic E-state index is 13.7. The maximum Gasteiger partial charge on any atom is 0.323 e. The van der Waals surface area contributed by atoms with Gasteiger partial charge in [0, 0.05) is 0 Å². The Balaban J connectivity index is 1.50. The van der Waals surface area contributed by atoms with Gasteiger partial charge in [0.05, 0.1) is 25.4 Å². The first-order valence-electron chi connectivity index (χ1n) is 12.1. The first-order chi connectivity index (χ1) is 17.4. The van der Waals surface area contributed by atoms with E-state index in [0.717, 1.165) is 11.1 Å². The number of benzene rings is 3. The van der Waals surface area contributed by atoms with Crippen LogP contribution in [0.25, 0.3) is 0 Å². The van der Waals surface area contributed by atoms with Crippen LogP contribution in [0, 0.1) is 0 Å². The summed E-state index contributed by atoms with van der Waals surface area (Å²) >= 11 is 0. The van der Waals surface area contributed by atoms with Crippen LogP contribution < -0.4 is 15.0 Å². The van der Waals surface area contributed by atoms with Crippen molar-refractivity contribution in [1.29, 1.82) is 0 Å². The molecule has 2 atom stereocenters. The lowest BCUT2D eigenvalue weighted by Crippen LogP contribution is -2.55. The second-order valence-corrected chi connectivity index (χ2v) is 9.21. The van der Waals surface area contributed by atoms with E-state index in [2.05, 4.69) is 31.3 Å². The molecule has 4 rings (SSSR count). The maximum atomic E-state index is 13.7. The van der Waals surface area contributed by atoms with Gasteiger partial charge >= 0.3 is 5.97 Å². The van der Waals surface area contributed by atoms with E-state index in [-0.39, 0.29) is 25.7 Å². The van der Waals surface area contributed by atoms with Crippen LogP contribution in [-0.4, -0.2) is 42.3 Å². The van der Waals surface area contributed by atoms with Gasteiger partial charge in [-0.1, -0.05) is 80.6 Å². The highest BCUT2D eigenvalue weighted by Gasteiger charge is 2.34. The molecule has 0 aliphatic carbocycles. The van der Waals surface area contributed by atoms with Crippen molar-refractivity contribution >= 4 is 17.6 Å². The fourth-order valence-corrected chi connectivity index (χ4v) is 4.13. The van der Waals surface area contributed by atoms with Gasteiger partial charge in [0.15, 0.2) is 0 Å². The molecular formula is C29H32N2O5. The molecular weight excluding hydrogens is 456 g/mol. The molecule has 7 heteroatoms. The zero-order valence-corrected chi connectivity index (χ0v) is 20.6. The Labute approximate surface area is 211 Å². The number of hydrogen-bond acceptors (Lipinski definition) is 5. The van der Waals surface area contributed by atoms with Gasteiger partial charge in [-0.15, -0.1) is 0 Å². The van der Waals surface area contributed by atoms with Gasteiger partial charge in [-0.05, 0) is 34.7 Å². The van der Waals surface area contributed by atoms with Crippen molar-refractivity contribution in [3.8, 4) is 5.75 Å². The molecule has 0 saturated carbocycles. The third-order valence-electron chi connectivity index (χ3n) is 6.21. The summed E-state index contributed by atoms with van der Waals surface area (Å²) in [5, 5.41) is 12.8. The van der Waals surface area contributed by atoms with Gasteiger partial charge in [0.25, 0.3) is 0 Å². The van der Waals surface area contributed by atoms with E-state index < -0.39 is 18.1 Å². The second kappa shape index (κ2) is 11.8. The van der Waals surface area contributed by atoms with Crippen molar-refractivity contribution in [2.45, 2.75) is 45.0 Å². The number of ether oxygens (including phenoxy) is 2. The molecule has 36 heavy (non-hydrogen) atoms. The number of carboxylic acid groups (broad SMARTS) is 1. The van der Waals surface area contributed by atoms with E-state index in [1.165, 1.54) is 5.56 Å². The number of rotatable bonds is 10. The van der Waals surface area contributed by atoms with E-state index in [1.807, 2.05) is 66.7 Å². The molecule has 1 amide bonds. The molecule has 2 N–H and O–H groups in total. The highest BCUT2D eigenvalue weighted by molar-refractivity contribution is 5.99. The molecule has 0 saturated heterocycles. The fourth-order valence-electron chi connectivity index (χ4n) is 4.13. The van der Waals surface area contributed by atoms with Crippen LogP contribution in [0.4, 0.5) is 5.69 Å². The van der Waals surface area contributed by atoms with Crippen LogP contribution in [0.15, 0.2) is 78.9 Å². The summed E-state index contributed by atoms with van der Waals surface area (Å²) in [6.07, 6.45) is 0. The van der Waals surface area contributed by atoms with Gasteiger partial charge in [-0.3, -0.25) is 14.9 Å². The number of nitrogens with zero attached hydrogens (tertiary/aromatic N) is 1. The second-order valence-electron chi connectivity index (χ2n) is 9.21.